The lowest BCUT2D eigenvalue weighted by Gasteiger charge is -2.07. The molecule has 3 aromatic rings. The molecule has 3 rings (SSSR count). The van der Waals surface area contributed by atoms with Gasteiger partial charge in [-0.2, -0.15) is 0 Å². The van der Waals surface area contributed by atoms with E-state index in [0.29, 0.717) is 17.9 Å². The topological polar surface area (TPSA) is 68.1 Å². The average molecular weight is 364 g/mol. The second-order valence-electron chi connectivity index (χ2n) is 6.40. The maximum atomic E-state index is 12.8. The zero-order valence-electron chi connectivity index (χ0n) is 15.6. The second kappa shape index (κ2) is 8.51. The number of nitrogens with one attached hydrogen (secondary N) is 2. The Bertz CT molecular complexity index is 959. The molecule has 0 radical (unpaired) electrons. The van der Waals surface area contributed by atoms with E-state index < -0.39 is 0 Å². The third-order valence-corrected chi connectivity index (χ3v) is 4.54. The maximum Gasteiger partial charge on any atom is 0.295 e. The van der Waals surface area contributed by atoms with E-state index in [0.717, 1.165) is 12.1 Å². The summed E-state index contributed by atoms with van der Waals surface area (Å²) in [7, 11) is 1.80. The van der Waals surface area contributed by atoms with Gasteiger partial charge in [-0.25, -0.2) is 4.68 Å². The lowest BCUT2D eigenvalue weighted by atomic mass is 10.1. The molecule has 0 fully saturated rings. The fourth-order valence-electron chi connectivity index (χ4n) is 2.98. The Balaban J connectivity index is 1.62. The van der Waals surface area contributed by atoms with Gasteiger partial charge in [0.2, 0.25) is 5.91 Å². The van der Waals surface area contributed by atoms with Crippen molar-refractivity contribution in [3.8, 4) is 5.69 Å². The average Bonchev–Trinajstić information content (AvgIpc) is 2.90. The van der Waals surface area contributed by atoms with Gasteiger partial charge in [-0.1, -0.05) is 48.5 Å². The minimum Gasteiger partial charge on any atom is -0.319 e. The highest BCUT2D eigenvalue weighted by molar-refractivity contribution is 5.92. The first-order chi connectivity index (χ1) is 13.1. The largest absolute Gasteiger partial charge is 0.319 e. The molecule has 140 valence electrons. The molecule has 0 saturated carbocycles. The van der Waals surface area contributed by atoms with Gasteiger partial charge < -0.3 is 10.6 Å². The molecule has 0 saturated heterocycles. The number of rotatable bonds is 7. The molecule has 0 aliphatic carbocycles. The minimum atomic E-state index is -0.237. The first kappa shape index (κ1) is 18.7. The van der Waals surface area contributed by atoms with Crippen LogP contribution in [0.15, 0.2) is 65.5 Å². The van der Waals surface area contributed by atoms with Gasteiger partial charge in [0.1, 0.15) is 5.69 Å². The number of benzene rings is 2. The summed E-state index contributed by atoms with van der Waals surface area (Å²) < 4.78 is 3.30. The van der Waals surface area contributed by atoms with Crippen LogP contribution >= 0.6 is 0 Å². The third kappa shape index (κ3) is 4.35. The van der Waals surface area contributed by atoms with Crippen LogP contribution in [0, 0.1) is 6.92 Å². The quantitative estimate of drug-likeness (QED) is 0.632. The van der Waals surface area contributed by atoms with Crippen molar-refractivity contribution in [2.24, 2.45) is 7.05 Å². The summed E-state index contributed by atoms with van der Waals surface area (Å²) in [6.45, 7) is 2.67. The van der Waals surface area contributed by atoms with E-state index in [4.69, 9.17) is 0 Å². The van der Waals surface area contributed by atoms with E-state index in [1.807, 2.05) is 55.5 Å². The molecule has 6 heteroatoms. The van der Waals surface area contributed by atoms with Crippen molar-refractivity contribution >= 4 is 11.6 Å². The number of para-hydroxylation sites is 1. The highest BCUT2D eigenvalue weighted by Crippen LogP contribution is 2.13. The monoisotopic (exact) mass is 364 g/mol. The first-order valence-corrected chi connectivity index (χ1v) is 8.96. The van der Waals surface area contributed by atoms with Crippen LogP contribution in [0.4, 0.5) is 5.69 Å². The molecule has 0 unspecified atom stereocenters. The number of amides is 1. The molecule has 1 aromatic heterocycles. The van der Waals surface area contributed by atoms with Gasteiger partial charge in [-0.05, 0) is 37.6 Å². The van der Waals surface area contributed by atoms with Crippen molar-refractivity contribution < 1.29 is 4.79 Å². The zero-order valence-corrected chi connectivity index (χ0v) is 15.6. The predicted molar refractivity (Wildman–Crippen MR) is 107 cm³/mol. The van der Waals surface area contributed by atoms with Crippen molar-refractivity contribution in [2.75, 3.05) is 18.4 Å². The maximum absolute atomic E-state index is 12.8. The van der Waals surface area contributed by atoms with E-state index in [1.165, 1.54) is 5.56 Å². The van der Waals surface area contributed by atoms with Gasteiger partial charge in [0.05, 0.1) is 17.9 Å². The molecule has 0 bridgehead atoms. The molecule has 2 N–H and O–H groups in total. The van der Waals surface area contributed by atoms with Gasteiger partial charge in [0.15, 0.2) is 0 Å². The molecule has 1 heterocycles. The Morgan fingerprint density at radius 3 is 2.30 bits per heavy atom. The predicted octanol–water partition coefficient (Wildman–Crippen LogP) is 2.26. The fraction of sp³-hybridized carbons (Fsp3) is 0.238. The fourth-order valence-corrected chi connectivity index (χ4v) is 2.98. The second-order valence-corrected chi connectivity index (χ2v) is 6.40. The number of hydrogen-bond acceptors (Lipinski definition) is 3. The smallest absolute Gasteiger partial charge is 0.295 e. The van der Waals surface area contributed by atoms with Crippen LogP contribution in [-0.4, -0.2) is 28.4 Å². The Labute approximate surface area is 158 Å². The Kier molecular flexibility index (Phi) is 5.88. The van der Waals surface area contributed by atoms with Gasteiger partial charge in [0.25, 0.3) is 5.56 Å². The van der Waals surface area contributed by atoms with Crippen molar-refractivity contribution in [1.82, 2.24) is 14.7 Å². The number of carbonyl (C=O) groups excluding carboxylic acids is 1. The number of hydrogen-bond donors (Lipinski definition) is 2. The normalized spacial score (nSPS) is 10.7. The van der Waals surface area contributed by atoms with Crippen LogP contribution in [0.1, 0.15) is 11.3 Å². The van der Waals surface area contributed by atoms with Crippen molar-refractivity contribution in [1.29, 1.82) is 0 Å². The number of carbonyl (C=O) groups is 1. The van der Waals surface area contributed by atoms with Crippen LogP contribution in [0.5, 0.6) is 0 Å². The van der Waals surface area contributed by atoms with E-state index >= 15 is 0 Å². The van der Waals surface area contributed by atoms with Crippen molar-refractivity contribution in [2.45, 2.75) is 13.3 Å². The molecule has 0 atom stereocenters. The summed E-state index contributed by atoms with van der Waals surface area (Å²) in [4.78, 5) is 25.0. The van der Waals surface area contributed by atoms with Gasteiger partial charge >= 0.3 is 0 Å². The summed E-state index contributed by atoms with van der Waals surface area (Å²) in [6, 6.07) is 19.5. The van der Waals surface area contributed by atoms with E-state index in [2.05, 4.69) is 22.8 Å². The molecule has 6 nitrogen and oxygen atoms in total. The summed E-state index contributed by atoms with van der Waals surface area (Å²) in [5, 5.41) is 5.87. The number of nitrogens with zero attached hydrogens (tertiary/aromatic N) is 2. The highest BCUT2D eigenvalue weighted by Gasteiger charge is 2.17. The van der Waals surface area contributed by atoms with Crippen LogP contribution in [-0.2, 0) is 18.3 Å². The summed E-state index contributed by atoms with van der Waals surface area (Å²) >= 11 is 0. The van der Waals surface area contributed by atoms with Gasteiger partial charge in [0, 0.05) is 7.05 Å². The van der Waals surface area contributed by atoms with E-state index in [1.54, 1.807) is 16.4 Å². The molecule has 1 amide bonds. The molecule has 0 spiro atoms. The van der Waals surface area contributed by atoms with E-state index in [-0.39, 0.29) is 18.0 Å². The van der Waals surface area contributed by atoms with Gasteiger partial charge in [-0.15, -0.1) is 0 Å². The van der Waals surface area contributed by atoms with Crippen molar-refractivity contribution in [3.63, 3.8) is 0 Å². The lowest BCUT2D eigenvalue weighted by Crippen LogP contribution is -2.31. The SMILES string of the molecule is Cc1c(NC(=O)CNCCc2ccccc2)c(=O)n(-c2ccccc2)n1C. The summed E-state index contributed by atoms with van der Waals surface area (Å²) in [6.07, 6.45) is 0.847. The molecule has 2 aromatic carbocycles. The van der Waals surface area contributed by atoms with Crippen LogP contribution in [0.25, 0.3) is 5.69 Å². The first-order valence-electron chi connectivity index (χ1n) is 8.96. The number of aromatic nitrogens is 2. The standard InChI is InChI=1S/C21H24N4O2/c1-16-20(21(27)25(24(16)2)18-11-7-4-8-12-18)23-19(26)15-22-14-13-17-9-5-3-6-10-17/h3-12,22H,13-15H2,1-2H3,(H,23,26). The Morgan fingerprint density at radius 2 is 1.63 bits per heavy atom. The summed E-state index contributed by atoms with van der Waals surface area (Å²) in [5.74, 6) is -0.228. The molecule has 0 aliphatic heterocycles. The molecule has 27 heavy (non-hydrogen) atoms. The van der Waals surface area contributed by atoms with Gasteiger partial charge in [-0.3, -0.25) is 14.3 Å². The van der Waals surface area contributed by atoms with Crippen LogP contribution < -0.4 is 16.2 Å². The van der Waals surface area contributed by atoms with Crippen molar-refractivity contribution in [3.05, 3.63) is 82.3 Å². The zero-order chi connectivity index (χ0) is 19.2. The minimum absolute atomic E-state index is 0.159. The van der Waals surface area contributed by atoms with Crippen LogP contribution in [0.3, 0.4) is 0 Å². The molecular weight excluding hydrogens is 340 g/mol. The van der Waals surface area contributed by atoms with E-state index in [9.17, 15) is 9.59 Å². The molecular formula is C21H24N4O2. The summed E-state index contributed by atoms with van der Waals surface area (Å²) in [5.41, 5.74) is 2.76. The third-order valence-electron chi connectivity index (χ3n) is 4.54. The number of anilines is 1. The Hall–Kier alpha value is -3.12. The highest BCUT2D eigenvalue weighted by atomic mass is 16.2. The Morgan fingerprint density at radius 1 is 1.00 bits per heavy atom. The van der Waals surface area contributed by atoms with Crippen LogP contribution in [0.2, 0.25) is 0 Å². The molecule has 0 aliphatic rings. The lowest BCUT2D eigenvalue weighted by molar-refractivity contribution is -0.115.